The van der Waals surface area contributed by atoms with Gasteiger partial charge < -0.3 is 4.74 Å². The van der Waals surface area contributed by atoms with Crippen molar-refractivity contribution in [1.29, 1.82) is 0 Å². The van der Waals surface area contributed by atoms with Crippen LogP contribution in [0.3, 0.4) is 0 Å². The Morgan fingerprint density at radius 3 is 2.73 bits per heavy atom. The van der Waals surface area contributed by atoms with Crippen molar-refractivity contribution in [1.82, 2.24) is 0 Å². The number of hydrogen-bond acceptors (Lipinski definition) is 2. The number of esters is 1. The average molecular weight is 210 g/mol. The Balaban J connectivity index is 2.37. The van der Waals surface area contributed by atoms with E-state index in [-0.39, 0.29) is 22.7 Å². The third-order valence-corrected chi connectivity index (χ3v) is 5.29. The van der Waals surface area contributed by atoms with Crippen LogP contribution in [0.1, 0.15) is 52.9 Å². The van der Waals surface area contributed by atoms with Crippen molar-refractivity contribution < 1.29 is 9.53 Å². The molecule has 0 aromatic rings. The normalized spacial score (nSPS) is 45.8. The molecule has 2 rings (SSSR count). The molecule has 3 unspecified atom stereocenters. The zero-order chi connectivity index (χ0) is 11.1. The van der Waals surface area contributed by atoms with E-state index in [4.69, 9.17) is 4.74 Å². The van der Waals surface area contributed by atoms with Gasteiger partial charge in [0.2, 0.25) is 0 Å². The summed E-state index contributed by atoms with van der Waals surface area (Å²) in [6.45, 7) is 7.26. The zero-order valence-corrected chi connectivity index (χ0v) is 10.1. The van der Waals surface area contributed by atoms with Gasteiger partial charge in [-0.15, -0.1) is 0 Å². The van der Waals surface area contributed by atoms with E-state index in [1.54, 1.807) is 0 Å². The van der Waals surface area contributed by atoms with Gasteiger partial charge in [0, 0.05) is 5.41 Å². The van der Waals surface area contributed by atoms with Gasteiger partial charge in [-0.3, -0.25) is 4.79 Å². The number of cyclic esters (lactones) is 1. The lowest BCUT2D eigenvalue weighted by molar-refractivity contribution is -0.191. The van der Waals surface area contributed by atoms with E-state index in [2.05, 4.69) is 20.8 Å². The fourth-order valence-corrected chi connectivity index (χ4v) is 3.70. The third-order valence-electron chi connectivity index (χ3n) is 5.29. The molecule has 0 amide bonds. The summed E-state index contributed by atoms with van der Waals surface area (Å²) in [5, 5.41) is 0. The maximum absolute atomic E-state index is 11.7. The summed E-state index contributed by atoms with van der Waals surface area (Å²) in [4.78, 5) is 11.7. The smallest absolute Gasteiger partial charge is 0.309 e. The second kappa shape index (κ2) is 3.50. The van der Waals surface area contributed by atoms with Gasteiger partial charge in [-0.1, -0.05) is 33.6 Å². The Kier molecular flexibility index (Phi) is 2.56. The lowest BCUT2D eigenvalue weighted by atomic mass is 9.50. The molecule has 15 heavy (non-hydrogen) atoms. The van der Waals surface area contributed by atoms with Crippen molar-refractivity contribution in [2.75, 3.05) is 6.61 Å². The Hall–Kier alpha value is -0.530. The van der Waals surface area contributed by atoms with E-state index >= 15 is 0 Å². The maximum atomic E-state index is 11.7. The molecule has 0 spiro atoms. The molecule has 1 aliphatic heterocycles. The van der Waals surface area contributed by atoms with Gasteiger partial charge in [0.05, 0.1) is 12.5 Å². The third kappa shape index (κ3) is 1.33. The molecule has 2 aliphatic rings. The van der Waals surface area contributed by atoms with Gasteiger partial charge in [0.25, 0.3) is 0 Å². The van der Waals surface area contributed by atoms with Crippen LogP contribution >= 0.6 is 0 Å². The molecule has 1 aliphatic carbocycles. The second-order valence-electron chi connectivity index (χ2n) is 5.59. The van der Waals surface area contributed by atoms with Gasteiger partial charge >= 0.3 is 5.97 Å². The Labute approximate surface area is 92.4 Å². The van der Waals surface area contributed by atoms with Crippen molar-refractivity contribution in [3.63, 3.8) is 0 Å². The fraction of sp³-hybridized carbons (Fsp3) is 0.923. The number of carbonyl (C=O) groups is 1. The highest BCUT2D eigenvalue weighted by atomic mass is 16.5. The van der Waals surface area contributed by atoms with Crippen LogP contribution in [0.25, 0.3) is 0 Å². The fourth-order valence-electron chi connectivity index (χ4n) is 3.70. The lowest BCUT2D eigenvalue weighted by Crippen LogP contribution is -2.55. The van der Waals surface area contributed by atoms with E-state index in [1.807, 2.05) is 0 Å². The zero-order valence-electron chi connectivity index (χ0n) is 10.1. The Morgan fingerprint density at radius 1 is 1.40 bits per heavy atom. The second-order valence-corrected chi connectivity index (χ2v) is 5.59. The van der Waals surface area contributed by atoms with Crippen molar-refractivity contribution in [3.05, 3.63) is 0 Å². The summed E-state index contributed by atoms with van der Waals surface area (Å²) in [6.07, 6.45) is 6.14. The molecule has 0 aromatic heterocycles. The first-order chi connectivity index (χ1) is 7.06. The van der Waals surface area contributed by atoms with Gasteiger partial charge in [0.1, 0.15) is 0 Å². The van der Waals surface area contributed by atoms with Crippen LogP contribution in [0.15, 0.2) is 0 Å². The number of carbonyl (C=O) groups excluding carboxylic acids is 1. The SMILES string of the molecule is CCC12CCCCC1(C)C(C)C(=O)OC2. The number of fused-ring (bicyclic) bond motifs is 1. The van der Waals surface area contributed by atoms with E-state index in [9.17, 15) is 4.79 Å². The van der Waals surface area contributed by atoms with E-state index in [1.165, 1.54) is 25.7 Å². The van der Waals surface area contributed by atoms with Crippen LogP contribution in [-0.4, -0.2) is 12.6 Å². The summed E-state index contributed by atoms with van der Waals surface area (Å²) in [6, 6.07) is 0. The first-order valence-electron chi connectivity index (χ1n) is 6.22. The van der Waals surface area contributed by atoms with Crippen LogP contribution in [-0.2, 0) is 9.53 Å². The molecule has 1 saturated heterocycles. The topological polar surface area (TPSA) is 26.3 Å². The molecule has 3 atom stereocenters. The molecule has 0 N–H and O–H groups in total. The summed E-state index contributed by atoms with van der Waals surface area (Å²) < 4.78 is 5.38. The van der Waals surface area contributed by atoms with Gasteiger partial charge in [-0.05, 0) is 24.7 Å². The van der Waals surface area contributed by atoms with Crippen molar-refractivity contribution in [2.45, 2.75) is 52.9 Å². The minimum absolute atomic E-state index is 0.0171. The van der Waals surface area contributed by atoms with Crippen molar-refractivity contribution in [3.8, 4) is 0 Å². The minimum Gasteiger partial charge on any atom is -0.465 e. The van der Waals surface area contributed by atoms with Crippen LogP contribution in [0.5, 0.6) is 0 Å². The summed E-state index contributed by atoms with van der Waals surface area (Å²) >= 11 is 0. The highest BCUT2D eigenvalue weighted by molar-refractivity contribution is 5.74. The van der Waals surface area contributed by atoms with Gasteiger partial charge in [-0.2, -0.15) is 0 Å². The first kappa shape index (κ1) is 11.0. The Morgan fingerprint density at radius 2 is 2.07 bits per heavy atom. The van der Waals surface area contributed by atoms with Crippen molar-refractivity contribution in [2.24, 2.45) is 16.7 Å². The van der Waals surface area contributed by atoms with Crippen LogP contribution < -0.4 is 0 Å². The van der Waals surface area contributed by atoms with E-state index in [0.29, 0.717) is 6.61 Å². The summed E-state index contributed by atoms with van der Waals surface area (Å²) in [7, 11) is 0. The van der Waals surface area contributed by atoms with Crippen LogP contribution in [0.4, 0.5) is 0 Å². The highest BCUT2D eigenvalue weighted by Gasteiger charge is 2.56. The van der Waals surface area contributed by atoms with Gasteiger partial charge in [0.15, 0.2) is 0 Å². The van der Waals surface area contributed by atoms with Gasteiger partial charge in [-0.25, -0.2) is 0 Å². The average Bonchev–Trinajstić information content (AvgIpc) is 2.25. The number of ether oxygens (including phenoxy) is 1. The molecule has 2 fully saturated rings. The predicted molar refractivity (Wildman–Crippen MR) is 59.4 cm³/mol. The summed E-state index contributed by atoms with van der Waals surface area (Å²) in [5.74, 6) is 0.0926. The largest absolute Gasteiger partial charge is 0.465 e. The molecule has 2 nitrogen and oxygen atoms in total. The lowest BCUT2D eigenvalue weighted by Gasteiger charge is -2.56. The number of rotatable bonds is 1. The van der Waals surface area contributed by atoms with Crippen LogP contribution in [0, 0.1) is 16.7 Å². The standard InChI is InChI=1S/C13H22O2/c1-4-13-8-6-5-7-12(13,3)10(2)11(14)15-9-13/h10H,4-9H2,1-3H3. The molecular weight excluding hydrogens is 188 g/mol. The monoisotopic (exact) mass is 210 g/mol. The van der Waals surface area contributed by atoms with E-state index in [0.717, 1.165) is 6.42 Å². The molecule has 0 bridgehead atoms. The molecule has 2 heteroatoms. The first-order valence-corrected chi connectivity index (χ1v) is 6.22. The summed E-state index contributed by atoms with van der Waals surface area (Å²) in [5.41, 5.74) is 0.438. The maximum Gasteiger partial charge on any atom is 0.309 e. The van der Waals surface area contributed by atoms with E-state index < -0.39 is 0 Å². The van der Waals surface area contributed by atoms with Crippen LogP contribution in [0.2, 0.25) is 0 Å². The van der Waals surface area contributed by atoms with Crippen molar-refractivity contribution >= 4 is 5.97 Å². The highest BCUT2D eigenvalue weighted by Crippen LogP contribution is 2.59. The molecule has 1 heterocycles. The molecule has 0 radical (unpaired) electrons. The minimum atomic E-state index is 0.0171. The molecule has 0 aromatic carbocycles. The molecular formula is C13H22O2. The molecule has 86 valence electrons. The Bertz CT molecular complexity index is 274. The molecule has 1 saturated carbocycles. The quantitative estimate of drug-likeness (QED) is 0.621. The predicted octanol–water partition coefficient (Wildman–Crippen LogP) is 3.16. The number of hydrogen-bond donors (Lipinski definition) is 0.